The summed E-state index contributed by atoms with van der Waals surface area (Å²) in [5.74, 6) is 1.71. The number of nitrogens with zero attached hydrogens (tertiary/aromatic N) is 1. The minimum absolute atomic E-state index is 0.179. The van der Waals surface area contributed by atoms with Crippen molar-refractivity contribution in [3.8, 4) is 10.6 Å². The Bertz CT molecular complexity index is 468. The van der Waals surface area contributed by atoms with E-state index in [1.807, 2.05) is 17.6 Å². The van der Waals surface area contributed by atoms with Crippen LogP contribution in [0.5, 0.6) is 0 Å². The topological polar surface area (TPSA) is 38.1 Å². The molecule has 2 aromatic heterocycles. The molecule has 0 aromatic carbocycles. The van der Waals surface area contributed by atoms with Crippen molar-refractivity contribution in [2.24, 2.45) is 0 Å². The first kappa shape index (κ1) is 13.3. The molecule has 0 fully saturated rings. The van der Waals surface area contributed by atoms with E-state index in [0.29, 0.717) is 0 Å². The molecule has 98 valence electrons. The van der Waals surface area contributed by atoms with E-state index in [4.69, 9.17) is 4.42 Å². The second-order valence-corrected chi connectivity index (χ2v) is 6.32. The van der Waals surface area contributed by atoms with Crippen LogP contribution in [0.25, 0.3) is 10.6 Å². The van der Waals surface area contributed by atoms with Crippen LogP contribution >= 0.6 is 11.3 Å². The van der Waals surface area contributed by atoms with E-state index in [9.17, 15) is 0 Å². The van der Waals surface area contributed by atoms with Gasteiger partial charge in [-0.25, -0.2) is 4.98 Å². The Morgan fingerprint density at radius 1 is 1.39 bits per heavy atom. The molecule has 0 unspecified atom stereocenters. The molecule has 0 aliphatic heterocycles. The molecule has 0 spiro atoms. The lowest BCUT2D eigenvalue weighted by atomic mass is 10.1. The van der Waals surface area contributed by atoms with E-state index in [-0.39, 0.29) is 5.54 Å². The Kier molecular flexibility index (Phi) is 4.19. The largest absolute Gasteiger partial charge is 0.440 e. The van der Waals surface area contributed by atoms with Gasteiger partial charge in [-0.05, 0) is 45.2 Å². The van der Waals surface area contributed by atoms with Gasteiger partial charge in [-0.15, -0.1) is 11.3 Å². The Morgan fingerprint density at radius 3 is 2.89 bits per heavy atom. The van der Waals surface area contributed by atoms with Crippen LogP contribution in [-0.2, 0) is 6.42 Å². The number of hydrogen-bond acceptors (Lipinski definition) is 4. The number of thiophene rings is 1. The third-order valence-electron chi connectivity index (χ3n) is 2.54. The van der Waals surface area contributed by atoms with Gasteiger partial charge in [0.25, 0.3) is 0 Å². The average molecular weight is 264 g/mol. The summed E-state index contributed by atoms with van der Waals surface area (Å²) in [6.07, 6.45) is 3.74. The van der Waals surface area contributed by atoms with Crippen molar-refractivity contribution < 1.29 is 4.42 Å². The van der Waals surface area contributed by atoms with Crippen LogP contribution in [0.3, 0.4) is 0 Å². The highest BCUT2D eigenvalue weighted by atomic mass is 32.1. The molecule has 0 saturated heterocycles. The zero-order valence-corrected chi connectivity index (χ0v) is 12.0. The Morgan fingerprint density at radius 2 is 2.22 bits per heavy atom. The predicted molar refractivity (Wildman–Crippen MR) is 75.9 cm³/mol. The maximum atomic E-state index is 5.73. The van der Waals surface area contributed by atoms with E-state index in [1.54, 1.807) is 11.3 Å². The molecule has 2 rings (SSSR count). The first-order valence-electron chi connectivity index (χ1n) is 6.28. The molecule has 3 nitrogen and oxygen atoms in total. The fourth-order valence-electron chi connectivity index (χ4n) is 1.66. The predicted octanol–water partition coefficient (Wildman–Crippen LogP) is 3.72. The summed E-state index contributed by atoms with van der Waals surface area (Å²) in [6, 6.07) is 4.07. The van der Waals surface area contributed by atoms with Crippen molar-refractivity contribution in [1.82, 2.24) is 10.3 Å². The highest BCUT2D eigenvalue weighted by Gasteiger charge is 2.09. The van der Waals surface area contributed by atoms with Crippen LogP contribution in [0, 0.1) is 0 Å². The van der Waals surface area contributed by atoms with Gasteiger partial charge in [0.15, 0.2) is 11.7 Å². The molecule has 2 heterocycles. The third kappa shape index (κ3) is 3.96. The number of nitrogens with one attached hydrogen (secondary N) is 1. The van der Waals surface area contributed by atoms with Crippen LogP contribution in [-0.4, -0.2) is 17.1 Å². The van der Waals surface area contributed by atoms with Crippen LogP contribution in [0.4, 0.5) is 0 Å². The second kappa shape index (κ2) is 5.67. The fourth-order valence-corrected chi connectivity index (χ4v) is 2.33. The number of oxazole rings is 1. The lowest BCUT2D eigenvalue weighted by Crippen LogP contribution is -2.36. The van der Waals surface area contributed by atoms with Gasteiger partial charge in [0.1, 0.15) is 0 Å². The highest BCUT2D eigenvalue weighted by Crippen LogP contribution is 2.25. The van der Waals surface area contributed by atoms with E-state index in [2.05, 4.69) is 37.1 Å². The maximum Gasteiger partial charge on any atom is 0.194 e. The van der Waals surface area contributed by atoms with Gasteiger partial charge in [0, 0.05) is 12.0 Å². The summed E-state index contributed by atoms with van der Waals surface area (Å²) < 4.78 is 5.73. The Balaban J connectivity index is 1.81. The summed E-state index contributed by atoms with van der Waals surface area (Å²) in [7, 11) is 0. The van der Waals surface area contributed by atoms with Crippen molar-refractivity contribution in [1.29, 1.82) is 0 Å². The molecule has 4 heteroatoms. The van der Waals surface area contributed by atoms with E-state index in [0.717, 1.165) is 35.9 Å². The third-order valence-corrected chi connectivity index (χ3v) is 3.42. The summed E-state index contributed by atoms with van der Waals surface area (Å²) in [6.45, 7) is 7.51. The van der Waals surface area contributed by atoms with Gasteiger partial charge in [-0.1, -0.05) is 6.07 Å². The second-order valence-electron chi connectivity index (χ2n) is 5.38. The van der Waals surface area contributed by atoms with Gasteiger partial charge in [0.05, 0.1) is 11.1 Å². The molecule has 0 aliphatic rings. The molecule has 18 heavy (non-hydrogen) atoms. The molecule has 0 saturated carbocycles. The van der Waals surface area contributed by atoms with Gasteiger partial charge < -0.3 is 9.73 Å². The number of aromatic nitrogens is 1. The minimum Gasteiger partial charge on any atom is -0.440 e. The highest BCUT2D eigenvalue weighted by molar-refractivity contribution is 7.13. The van der Waals surface area contributed by atoms with E-state index in [1.165, 1.54) is 0 Å². The van der Waals surface area contributed by atoms with Crippen molar-refractivity contribution >= 4 is 11.3 Å². The van der Waals surface area contributed by atoms with Crippen LogP contribution < -0.4 is 5.32 Å². The standard InChI is InChI=1S/C14H20N2OS/c1-14(2,3)16-8-4-7-13-15-10-11(17-13)12-6-5-9-18-12/h5-6,9-10,16H,4,7-8H2,1-3H3. The zero-order valence-electron chi connectivity index (χ0n) is 11.2. The number of hydrogen-bond donors (Lipinski definition) is 1. The summed E-state index contributed by atoms with van der Waals surface area (Å²) in [5, 5.41) is 5.51. The molecule has 0 aliphatic carbocycles. The normalized spacial score (nSPS) is 11.9. The van der Waals surface area contributed by atoms with Crippen molar-refractivity contribution in [3.63, 3.8) is 0 Å². The first-order chi connectivity index (χ1) is 8.54. The van der Waals surface area contributed by atoms with Gasteiger partial charge >= 0.3 is 0 Å². The maximum absolute atomic E-state index is 5.73. The van der Waals surface area contributed by atoms with Gasteiger partial charge in [0.2, 0.25) is 0 Å². The number of rotatable bonds is 5. The van der Waals surface area contributed by atoms with Crippen LogP contribution in [0.15, 0.2) is 28.1 Å². The van der Waals surface area contributed by atoms with Gasteiger partial charge in [-0.2, -0.15) is 0 Å². The fraction of sp³-hybridized carbons (Fsp3) is 0.500. The molecular weight excluding hydrogens is 244 g/mol. The SMILES string of the molecule is CC(C)(C)NCCCc1ncc(-c2cccs2)o1. The molecule has 0 atom stereocenters. The molecule has 0 bridgehead atoms. The van der Waals surface area contributed by atoms with Crippen LogP contribution in [0.1, 0.15) is 33.1 Å². The molecule has 0 radical (unpaired) electrons. The summed E-state index contributed by atoms with van der Waals surface area (Å²) >= 11 is 1.67. The summed E-state index contributed by atoms with van der Waals surface area (Å²) in [5.41, 5.74) is 0.179. The average Bonchev–Trinajstić information content (AvgIpc) is 2.93. The van der Waals surface area contributed by atoms with Crippen LogP contribution in [0.2, 0.25) is 0 Å². The quantitative estimate of drug-likeness (QED) is 0.836. The van der Waals surface area contributed by atoms with Crippen molar-refractivity contribution in [3.05, 3.63) is 29.6 Å². The Labute approximate surface area is 112 Å². The lowest BCUT2D eigenvalue weighted by molar-refractivity contribution is 0.413. The summed E-state index contributed by atoms with van der Waals surface area (Å²) in [4.78, 5) is 5.46. The van der Waals surface area contributed by atoms with Gasteiger partial charge in [-0.3, -0.25) is 0 Å². The molecule has 1 N–H and O–H groups in total. The van der Waals surface area contributed by atoms with Crippen molar-refractivity contribution in [2.75, 3.05) is 6.54 Å². The smallest absolute Gasteiger partial charge is 0.194 e. The zero-order chi connectivity index (χ0) is 13.0. The van der Waals surface area contributed by atoms with E-state index >= 15 is 0 Å². The Hall–Kier alpha value is -1.13. The lowest BCUT2D eigenvalue weighted by Gasteiger charge is -2.19. The number of aryl methyl sites for hydroxylation is 1. The van der Waals surface area contributed by atoms with Crippen molar-refractivity contribution in [2.45, 2.75) is 39.2 Å². The molecule has 0 amide bonds. The molecular formula is C14H20N2OS. The first-order valence-corrected chi connectivity index (χ1v) is 7.16. The molecule has 2 aromatic rings. The minimum atomic E-state index is 0.179. The van der Waals surface area contributed by atoms with E-state index < -0.39 is 0 Å². The monoisotopic (exact) mass is 264 g/mol.